The van der Waals surface area contributed by atoms with E-state index in [-0.39, 0.29) is 11.7 Å². The van der Waals surface area contributed by atoms with Crippen molar-refractivity contribution in [3.8, 4) is 5.75 Å². The van der Waals surface area contributed by atoms with Gasteiger partial charge in [-0.1, -0.05) is 17.7 Å². The summed E-state index contributed by atoms with van der Waals surface area (Å²) in [5.74, 6) is -0.695. The third-order valence-electron chi connectivity index (χ3n) is 2.78. The minimum atomic E-state index is -1.00. The van der Waals surface area contributed by atoms with Gasteiger partial charge in [-0.25, -0.2) is 4.79 Å². The van der Waals surface area contributed by atoms with E-state index in [1.807, 2.05) is 0 Å². The van der Waals surface area contributed by atoms with E-state index in [4.69, 9.17) is 21.4 Å². The molecule has 0 bridgehead atoms. The van der Waals surface area contributed by atoms with Gasteiger partial charge in [0.15, 0.2) is 5.75 Å². The van der Waals surface area contributed by atoms with E-state index < -0.39 is 5.97 Å². The van der Waals surface area contributed by atoms with E-state index in [2.05, 4.69) is 0 Å². The second-order valence-electron chi connectivity index (χ2n) is 3.95. The smallest absolute Gasteiger partial charge is 0.339 e. The van der Waals surface area contributed by atoms with Crippen molar-refractivity contribution in [2.75, 3.05) is 0 Å². The Bertz CT molecular complexity index is 397. The van der Waals surface area contributed by atoms with Gasteiger partial charge < -0.3 is 9.84 Å². The normalized spacial score (nSPS) is 16.3. The fourth-order valence-corrected chi connectivity index (χ4v) is 2.19. The summed E-state index contributed by atoms with van der Waals surface area (Å²) in [7, 11) is 0. The van der Waals surface area contributed by atoms with Crippen LogP contribution in [0.2, 0.25) is 5.02 Å². The summed E-state index contributed by atoms with van der Waals surface area (Å²) in [6, 6.07) is 4.78. The zero-order valence-corrected chi connectivity index (χ0v) is 9.54. The van der Waals surface area contributed by atoms with Crippen molar-refractivity contribution in [2.45, 2.75) is 31.8 Å². The van der Waals surface area contributed by atoms with Gasteiger partial charge in [0.2, 0.25) is 0 Å². The Morgan fingerprint density at radius 3 is 2.69 bits per heavy atom. The van der Waals surface area contributed by atoms with Crippen molar-refractivity contribution >= 4 is 17.6 Å². The van der Waals surface area contributed by atoms with Crippen LogP contribution in [0.15, 0.2) is 18.2 Å². The van der Waals surface area contributed by atoms with Crippen molar-refractivity contribution in [3.05, 3.63) is 28.8 Å². The fourth-order valence-electron chi connectivity index (χ4n) is 1.97. The molecule has 1 saturated carbocycles. The van der Waals surface area contributed by atoms with Gasteiger partial charge in [0.25, 0.3) is 0 Å². The van der Waals surface area contributed by atoms with E-state index in [1.54, 1.807) is 12.1 Å². The number of rotatable bonds is 3. The molecule has 1 aliphatic rings. The van der Waals surface area contributed by atoms with E-state index >= 15 is 0 Å². The molecule has 1 aliphatic carbocycles. The zero-order chi connectivity index (χ0) is 11.5. The van der Waals surface area contributed by atoms with E-state index in [9.17, 15) is 4.79 Å². The minimum absolute atomic E-state index is 0.109. The first-order valence-corrected chi connectivity index (χ1v) is 5.75. The minimum Gasteiger partial charge on any atom is -0.488 e. The Morgan fingerprint density at radius 2 is 2.06 bits per heavy atom. The molecule has 0 aromatic heterocycles. The highest BCUT2D eigenvalue weighted by molar-refractivity contribution is 6.32. The molecule has 1 N–H and O–H groups in total. The van der Waals surface area contributed by atoms with Gasteiger partial charge in [-0.2, -0.15) is 0 Å². The molecule has 0 spiro atoms. The number of aromatic carboxylic acids is 1. The molecule has 0 aliphatic heterocycles. The lowest BCUT2D eigenvalue weighted by Gasteiger charge is -2.16. The Labute approximate surface area is 99.0 Å². The quantitative estimate of drug-likeness (QED) is 0.881. The first-order valence-electron chi connectivity index (χ1n) is 5.37. The maximum absolute atomic E-state index is 11.0. The molecule has 1 aromatic carbocycles. The number of benzene rings is 1. The molecule has 86 valence electrons. The predicted octanol–water partition coefficient (Wildman–Crippen LogP) is 3.36. The van der Waals surface area contributed by atoms with Crippen molar-refractivity contribution < 1.29 is 14.6 Å². The van der Waals surface area contributed by atoms with Gasteiger partial charge in [0, 0.05) is 0 Å². The molecule has 2 rings (SSSR count). The fraction of sp³-hybridized carbons (Fsp3) is 0.417. The maximum Gasteiger partial charge on any atom is 0.339 e. The molecule has 0 unspecified atom stereocenters. The SMILES string of the molecule is O=C(O)c1cccc(Cl)c1OC1CCCC1. The molecule has 1 fully saturated rings. The average molecular weight is 241 g/mol. The number of carbonyl (C=O) groups is 1. The lowest BCUT2D eigenvalue weighted by molar-refractivity contribution is 0.0689. The Hall–Kier alpha value is -1.22. The standard InChI is InChI=1S/C12H13ClO3/c13-10-7-3-6-9(12(14)15)11(10)16-8-4-1-2-5-8/h3,6-8H,1-2,4-5H2,(H,14,15). The van der Waals surface area contributed by atoms with Crippen LogP contribution in [-0.2, 0) is 0 Å². The predicted molar refractivity (Wildman–Crippen MR) is 61.3 cm³/mol. The highest BCUT2D eigenvalue weighted by Gasteiger charge is 2.21. The zero-order valence-electron chi connectivity index (χ0n) is 8.78. The molecular formula is C12H13ClO3. The van der Waals surface area contributed by atoms with Crippen molar-refractivity contribution in [1.29, 1.82) is 0 Å². The summed E-state index contributed by atoms with van der Waals surface area (Å²) in [6.45, 7) is 0. The summed E-state index contributed by atoms with van der Waals surface area (Å²) in [4.78, 5) is 11.0. The van der Waals surface area contributed by atoms with Crippen molar-refractivity contribution in [2.24, 2.45) is 0 Å². The van der Waals surface area contributed by atoms with Crippen LogP contribution in [0.4, 0.5) is 0 Å². The Kier molecular flexibility index (Phi) is 3.34. The summed E-state index contributed by atoms with van der Waals surface area (Å²) in [5.41, 5.74) is 0.138. The van der Waals surface area contributed by atoms with Gasteiger partial charge in [-0.3, -0.25) is 0 Å². The van der Waals surface area contributed by atoms with Crippen LogP contribution in [0.25, 0.3) is 0 Å². The topological polar surface area (TPSA) is 46.5 Å². The number of carboxylic acid groups (broad SMARTS) is 1. The number of hydrogen-bond acceptors (Lipinski definition) is 2. The highest BCUT2D eigenvalue weighted by Crippen LogP contribution is 2.32. The molecule has 0 radical (unpaired) electrons. The van der Waals surface area contributed by atoms with E-state index in [0.29, 0.717) is 10.8 Å². The number of halogens is 1. The molecule has 0 heterocycles. The Balaban J connectivity index is 2.26. The van der Waals surface area contributed by atoms with Crippen molar-refractivity contribution in [1.82, 2.24) is 0 Å². The van der Waals surface area contributed by atoms with Crippen molar-refractivity contribution in [3.63, 3.8) is 0 Å². The van der Waals surface area contributed by atoms with Gasteiger partial charge in [-0.05, 0) is 37.8 Å². The molecular weight excluding hydrogens is 228 g/mol. The Morgan fingerprint density at radius 1 is 1.38 bits per heavy atom. The van der Waals surface area contributed by atoms with Crippen LogP contribution in [0.3, 0.4) is 0 Å². The molecule has 0 amide bonds. The highest BCUT2D eigenvalue weighted by atomic mass is 35.5. The van der Waals surface area contributed by atoms with E-state index in [1.165, 1.54) is 6.07 Å². The van der Waals surface area contributed by atoms with Crippen LogP contribution in [0.1, 0.15) is 36.0 Å². The van der Waals surface area contributed by atoms with Gasteiger partial charge >= 0.3 is 5.97 Å². The molecule has 16 heavy (non-hydrogen) atoms. The van der Waals surface area contributed by atoms with E-state index in [0.717, 1.165) is 25.7 Å². The first kappa shape index (κ1) is 11.3. The monoisotopic (exact) mass is 240 g/mol. The van der Waals surface area contributed by atoms with Crippen LogP contribution in [0, 0.1) is 0 Å². The van der Waals surface area contributed by atoms with Gasteiger partial charge in [0.05, 0.1) is 11.1 Å². The largest absolute Gasteiger partial charge is 0.488 e. The summed E-state index contributed by atoms with van der Waals surface area (Å²) >= 11 is 5.96. The summed E-state index contributed by atoms with van der Waals surface area (Å²) in [6.07, 6.45) is 4.34. The van der Waals surface area contributed by atoms with Gasteiger partial charge in [-0.15, -0.1) is 0 Å². The number of ether oxygens (including phenoxy) is 1. The van der Waals surface area contributed by atoms with Crippen LogP contribution in [0.5, 0.6) is 5.75 Å². The third-order valence-corrected chi connectivity index (χ3v) is 3.08. The number of hydrogen-bond donors (Lipinski definition) is 1. The lowest BCUT2D eigenvalue weighted by atomic mass is 10.2. The third kappa shape index (κ3) is 2.30. The maximum atomic E-state index is 11.0. The number of para-hydroxylation sites is 1. The molecule has 1 aromatic rings. The lowest BCUT2D eigenvalue weighted by Crippen LogP contribution is -2.14. The molecule has 0 saturated heterocycles. The summed E-state index contributed by atoms with van der Waals surface area (Å²) < 4.78 is 5.69. The second kappa shape index (κ2) is 4.74. The number of carboxylic acids is 1. The molecule has 4 heteroatoms. The van der Waals surface area contributed by atoms with Gasteiger partial charge in [0.1, 0.15) is 5.56 Å². The second-order valence-corrected chi connectivity index (χ2v) is 4.35. The van der Waals surface area contributed by atoms with Crippen LogP contribution >= 0.6 is 11.6 Å². The molecule has 0 atom stereocenters. The first-order chi connectivity index (χ1) is 7.68. The molecule has 3 nitrogen and oxygen atoms in total. The summed E-state index contributed by atoms with van der Waals surface area (Å²) in [5, 5.41) is 9.39. The van der Waals surface area contributed by atoms with Crippen LogP contribution < -0.4 is 4.74 Å². The van der Waals surface area contributed by atoms with Crippen LogP contribution in [-0.4, -0.2) is 17.2 Å². The average Bonchev–Trinajstić information content (AvgIpc) is 2.73.